The molecule has 0 aromatic heterocycles. The average molecular weight is 1490 g/mol. The fraction of sp³-hybridized carbons (Fsp3) is 0.952. The Labute approximate surface area is 626 Å². The van der Waals surface area contributed by atoms with E-state index in [9.17, 15) is 43.2 Å². The maximum absolute atomic E-state index is 13.1. The van der Waals surface area contributed by atoms with Crippen LogP contribution in [0.15, 0.2) is 0 Å². The fourth-order valence-corrected chi connectivity index (χ4v) is 14.3. The third-order valence-corrected chi connectivity index (χ3v) is 21.9. The summed E-state index contributed by atoms with van der Waals surface area (Å²) in [5.41, 5.74) is 0. The Morgan fingerprint density at radius 3 is 0.696 bits per heavy atom. The quantitative estimate of drug-likeness (QED) is 0.0222. The lowest BCUT2D eigenvalue weighted by atomic mass is 9.99. The maximum Gasteiger partial charge on any atom is 0.472 e. The van der Waals surface area contributed by atoms with Gasteiger partial charge in [0.2, 0.25) is 0 Å². The van der Waals surface area contributed by atoms with Gasteiger partial charge in [-0.05, 0) is 49.4 Å². The van der Waals surface area contributed by atoms with E-state index in [0.29, 0.717) is 31.6 Å². The van der Waals surface area contributed by atoms with Gasteiger partial charge >= 0.3 is 39.5 Å². The van der Waals surface area contributed by atoms with Crippen LogP contribution in [0.5, 0.6) is 0 Å². The van der Waals surface area contributed by atoms with Crippen molar-refractivity contribution >= 4 is 39.5 Å². The Balaban J connectivity index is 5.17. The molecule has 0 aromatic carbocycles. The van der Waals surface area contributed by atoms with Crippen LogP contribution in [0.3, 0.4) is 0 Å². The molecule has 0 aromatic rings. The van der Waals surface area contributed by atoms with E-state index in [-0.39, 0.29) is 25.7 Å². The summed E-state index contributed by atoms with van der Waals surface area (Å²) in [6.45, 7) is 14.2. The number of hydrogen-bond acceptors (Lipinski definition) is 15. The zero-order valence-corrected chi connectivity index (χ0v) is 69.0. The summed E-state index contributed by atoms with van der Waals surface area (Å²) >= 11 is 0. The summed E-state index contributed by atoms with van der Waals surface area (Å²) in [6, 6.07) is 0. The molecule has 3 N–H and O–H groups in total. The summed E-state index contributed by atoms with van der Waals surface area (Å²) in [5.74, 6) is 0.975. The summed E-state index contributed by atoms with van der Waals surface area (Å²) in [4.78, 5) is 72.9. The van der Waals surface area contributed by atoms with E-state index in [1.54, 1.807) is 0 Å². The van der Waals surface area contributed by atoms with Gasteiger partial charge in [0.05, 0.1) is 26.4 Å². The second-order valence-corrected chi connectivity index (χ2v) is 34.2. The van der Waals surface area contributed by atoms with Crippen LogP contribution in [0.25, 0.3) is 0 Å². The molecule has 102 heavy (non-hydrogen) atoms. The molecule has 17 nitrogen and oxygen atoms in total. The van der Waals surface area contributed by atoms with E-state index in [2.05, 4.69) is 55.4 Å². The maximum atomic E-state index is 13.1. The van der Waals surface area contributed by atoms with Crippen molar-refractivity contribution in [3.63, 3.8) is 0 Å². The van der Waals surface area contributed by atoms with Crippen molar-refractivity contribution in [3.8, 4) is 0 Å². The molecule has 0 spiro atoms. The van der Waals surface area contributed by atoms with Gasteiger partial charge < -0.3 is 33.8 Å². The van der Waals surface area contributed by atoms with Gasteiger partial charge in [0.1, 0.15) is 19.3 Å². The molecule has 0 saturated carbocycles. The van der Waals surface area contributed by atoms with Crippen LogP contribution in [0, 0.1) is 23.7 Å². The molecule has 0 saturated heterocycles. The highest BCUT2D eigenvalue weighted by atomic mass is 31.2. The average Bonchev–Trinajstić information content (AvgIpc) is 0.920. The second kappa shape index (κ2) is 72.0. The standard InChI is InChI=1S/C83H162O17P2/c1-9-75(7)61-53-45-36-32-28-24-20-16-12-14-18-22-26-30-34-38-49-57-65-82(87)99-78(69-93-80(85)63-55-47-37-33-29-25-21-17-13-11-15-19-23-27-31-35-43-51-59-73(3)4)71-97-101(89,90)95-67-77(84)68-96-102(91,92)98-72-79(70-94-81(86)64-56-48-41-39-44-52-60-74(5)6)100-83(88)66-58-50-42-40-46-54-62-76(8)10-2/h73-79,84H,9-72H2,1-8H3,(H,89,90)(H,91,92)/t75?,76?,77-,78-,79-/m1/s1. The molecule has 606 valence electrons. The summed E-state index contributed by atoms with van der Waals surface area (Å²) in [6.07, 6.45) is 60.1. The fourth-order valence-electron chi connectivity index (χ4n) is 12.7. The van der Waals surface area contributed by atoms with E-state index in [1.165, 1.54) is 225 Å². The predicted octanol–water partition coefficient (Wildman–Crippen LogP) is 24.8. The second-order valence-electron chi connectivity index (χ2n) is 31.3. The van der Waals surface area contributed by atoms with E-state index in [4.69, 9.17) is 37.0 Å². The van der Waals surface area contributed by atoms with Crippen LogP contribution in [0.1, 0.15) is 428 Å². The normalized spacial score (nSPS) is 14.5. The van der Waals surface area contributed by atoms with Crippen molar-refractivity contribution < 1.29 is 80.2 Å². The Morgan fingerprint density at radius 1 is 0.275 bits per heavy atom. The number of rotatable bonds is 80. The molecule has 0 fully saturated rings. The summed E-state index contributed by atoms with van der Waals surface area (Å²) < 4.78 is 68.6. The van der Waals surface area contributed by atoms with Crippen molar-refractivity contribution in [2.45, 2.75) is 446 Å². The van der Waals surface area contributed by atoms with Gasteiger partial charge in [0, 0.05) is 25.7 Å². The first-order valence-electron chi connectivity index (χ1n) is 42.8. The molecule has 0 radical (unpaired) electrons. The molecule has 19 heteroatoms. The molecule has 4 unspecified atom stereocenters. The first-order chi connectivity index (χ1) is 49.2. The molecule has 0 aliphatic rings. The molecule has 0 heterocycles. The van der Waals surface area contributed by atoms with Gasteiger partial charge in [-0.15, -0.1) is 0 Å². The number of carbonyl (C=O) groups is 4. The van der Waals surface area contributed by atoms with Crippen LogP contribution in [0.4, 0.5) is 0 Å². The number of carbonyl (C=O) groups excluding carboxylic acids is 4. The van der Waals surface area contributed by atoms with E-state index in [0.717, 1.165) is 114 Å². The van der Waals surface area contributed by atoms with Gasteiger partial charge in [-0.1, -0.05) is 376 Å². The number of unbranched alkanes of at least 4 members (excludes halogenated alkanes) is 44. The number of esters is 4. The Morgan fingerprint density at radius 2 is 0.471 bits per heavy atom. The third-order valence-electron chi connectivity index (χ3n) is 20.0. The Hall–Kier alpha value is -1.94. The first kappa shape index (κ1) is 100. The topological polar surface area (TPSA) is 237 Å². The van der Waals surface area contributed by atoms with Gasteiger partial charge in [0.15, 0.2) is 12.2 Å². The highest BCUT2D eigenvalue weighted by Crippen LogP contribution is 2.45. The number of phosphoric ester groups is 2. The minimum Gasteiger partial charge on any atom is -0.462 e. The van der Waals surface area contributed by atoms with Gasteiger partial charge in [-0.3, -0.25) is 37.3 Å². The van der Waals surface area contributed by atoms with Crippen LogP contribution in [-0.2, 0) is 65.4 Å². The Kier molecular flexibility index (Phi) is 70.6. The van der Waals surface area contributed by atoms with Crippen molar-refractivity contribution in [2.75, 3.05) is 39.6 Å². The number of hydrogen-bond donors (Lipinski definition) is 3. The van der Waals surface area contributed by atoms with Crippen molar-refractivity contribution in [3.05, 3.63) is 0 Å². The van der Waals surface area contributed by atoms with Gasteiger partial charge in [-0.2, -0.15) is 0 Å². The van der Waals surface area contributed by atoms with Crippen LogP contribution in [0.2, 0.25) is 0 Å². The SMILES string of the molecule is CCC(C)CCCCCCCCCCCCCCCCCCCCC(=O)O[C@H](COC(=O)CCCCCCCCCCCCCCCCCCCCC(C)C)COP(=O)(O)OC[C@@H](O)COP(=O)(O)OC[C@@H](COC(=O)CCCCCCCCC(C)C)OC(=O)CCCCCCCCC(C)CC. The highest BCUT2D eigenvalue weighted by Gasteiger charge is 2.30. The monoisotopic (exact) mass is 1490 g/mol. The zero-order chi connectivity index (χ0) is 75.3. The largest absolute Gasteiger partial charge is 0.472 e. The number of aliphatic hydroxyl groups is 1. The Bertz CT molecular complexity index is 1990. The van der Waals surface area contributed by atoms with Crippen LogP contribution in [-0.4, -0.2) is 96.7 Å². The molecular weight excluding hydrogens is 1330 g/mol. The molecule has 7 atom stereocenters. The van der Waals surface area contributed by atoms with Gasteiger partial charge in [0.25, 0.3) is 0 Å². The molecular formula is C83H162O17P2. The molecule has 0 bridgehead atoms. The van der Waals surface area contributed by atoms with Crippen molar-refractivity contribution in [1.29, 1.82) is 0 Å². The first-order valence-corrected chi connectivity index (χ1v) is 45.8. The van der Waals surface area contributed by atoms with Crippen LogP contribution >= 0.6 is 15.6 Å². The lowest BCUT2D eigenvalue weighted by Crippen LogP contribution is -2.30. The highest BCUT2D eigenvalue weighted by molar-refractivity contribution is 7.47. The number of ether oxygens (including phenoxy) is 4. The summed E-state index contributed by atoms with van der Waals surface area (Å²) in [7, 11) is -9.92. The van der Waals surface area contributed by atoms with Crippen LogP contribution < -0.4 is 0 Å². The molecule has 0 rings (SSSR count). The lowest BCUT2D eigenvalue weighted by Gasteiger charge is -2.21. The third kappa shape index (κ3) is 73.6. The van der Waals surface area contributed by atoms with E-state index < -0.39 is 97.5 Å². The van der Waals surface area contributed by atoms with E-state index in [1.807, 2.05) is 0 Å². The zero-order valence-electron chi connectivity index (χ0n) is 67.2. The molecule has 0 aliphatic heterocycles. The van der Waals surface area contributed by atoms with Gasteiger partial charge in [-0.25, -0.2) is 9.13 Å². The lowest BCUT2D eigenvalue weighted by molar-refractivity contribution is -0.161. The molecule has 0 amide bonds. The predicted molar refractivity (Wildman–Crippen MR) is 418 cm³/mol. The molecule has 0 aliphatic carbocycles. The number of phosphoric acid groups is 2. The van der Waals surface area contributed by atoms with E-state index >= 15 is 0 Å². The van der Waals surface area contributed by atoms with Crippen molar-refractivity contribution in [1.82, 2.24) is 0 Å². The van der Waals surface area contributed by atoms with Crippen molar-refractivity contribution in [2.24, 2.45) is 23.7 Å². The smallest absolute Gasteiger partial charge is 0.462 e. The summed E-state index contributed by atoms with van der Waals surface area (Å²) in [5, 5.41) is 10.6. The minimum absolute atomic E-state index is 0.102. The number of aliphatic hydroxyl groups excluding tert-OH is 1. The minimum atomic E-state index is -4.96.